The van der Waals surface area contributed by atoms with Crippen molar-refractivity contribution >= 4 is 11.9 Å². The zero-order valence-corrected chi connectivity index (χ0v) is 18.3. The number of carbonyl (C=O) groups excluding carboxylic acids is 2. The molecule has 2 aromatic rings. The number of fused-ring (bicyclic) bond motifs is 1. The molecule has 31 heavy (non-hydrogen) atoms. The summed E-state index contributed by atoms with van der Waals surface area (Å²) in [6, 6.07) is 13.3. The van der Waals surface area contributed by atoms with Crippen LogP contribution < -0.4 is 20.1 Å². The normalized spacial score (nSPS) is 12.3. The standard InChI is InChI=1S/C24H31N3O4/c1-30-20-11-12-22(31-2)21(15-20)23(28)25-13-7-3-4-8-14-26-24(29)27-16-18-9-5-6-10-19(18)17-27/h5-6,9-12,15H,3-4,7-8,13-14,16-17H2,1-2H3,(H,25,28)(H,26,29). The lowest BCUT2D eigenvalue weighted by atomic mass is 10.1. The van der Waals surface area contributed by atoms with E-state index in [2.05, 4.69) is 22.8 Å². The zero-order chi connectivity index (χ0) is 22.1. The van der Waals surface area contributed by atoms with Gasteiger partial charge in [-0.1, -0.05) is 37.1 Å². The summed E-state index contributed by atoms with van der Waals surface area (Å²) in [5.74, 6) is 0.968. The van der Waals surface area contributed by atoms with Gasteiger partial charge >= 0.3 is 6.03 Å². The monoisotopic (exact) mass is 425 g/mol. The van der Waals surface area contributed by atoms with E-state index in [9.17, 15) is 9.59 Å². The van der Waals surface area contributed by atoms with Crippen LogP contribution in [-0.4, -0.2) is 44.1 Å². The number of urea groups is 1. The Morgan fingerprint density at radius 3 is 2.13 bits per heavy atom. The summed E-state index contributed by atoms with van der Waals surface area (Å²) in [5.41, 5.74) is 2.92. The molecule has 1 heterocycles. The summed E-state index contributed by atoms with van der Waals surface area (Å²) in [6.45, 7) is 2.62. The van der Waals surface area contributed by atoms with Gasteiger partial charge in [-0.3, -0.25) is 4.79 Å². The number of benzene rings is 2. The Morgan fingerprint density at radius 1 is 0.871 bits per heavy atom. The fraction of sp³-hybridized carbons (Fsp3) is 0.417. The van der Waals surface area contributed by atoms with Crippen LogP contribution in [0.5, 0.6) is 11.5 Å². The van der Waals surface area contributed by atoms with Gasteiger partial charge in [0.05, 0.1) is 19.8 Å². The molecule has 3 amide bonds. The van der Waals surface area contributed by atoms with Crippen molar-refractivity contribution in [1.82, 2.24) is 15.5 Å². The highest BCUT2D eigenvalue weighted by molar-refractivity contribution is 5.97. The average molecular weight is 426 g/mol. The molecule has 0 spiro atoms. The van der Waals surface area contributed by atoms with Crippen LogP contribution in [0.25, 0.3) is 0 Å². The van der Waals surface area contributed by atoms with Crippen LogP contribution in [0, 0.1) is 0 Å². The molecule has 3 rings (SSSR count). The SMILES string of the molecule is COc1ccc(OC)c(C(=O)NCCCCCCNC(=O)N2Cc3ccccc3C2)c1. The van der Waals surface area contributed by atoms with E-state index in [4.69, 9.17) is 9.47 Å². The van der Waals surface area contributed by atoms with Crippen molar-refractivity contribution in [1.29, 1.82) is 0 Å². The van der Waals surface area contributed by atoms with E-state index in [1.165, 1.54) is 11.1 Å². The first-order valence-corrected chi connectivity index (χ1v) is 10.7. The van der Waals surface area contributed by atoms with Gasteiger partial charge in [-0.2, -0.15) is 0 Å². The van der Waals surface area contributed by atoms with Gasteiger partial charge in [-0.15, -0.1) is 0 Å². The predicted molar refractivity (Wildman–Crippen MR) is 119 cm³/mol. The van der Waals surface area contributed by atoms with Crippen LogP contribution in [0.4, 0.5) is 4.79 Å². The summed E-state index contributed by atoms with van der Waals surface area (Å²) < 4.78 is 10.4. The fourth-order valence-electron chi connectivity index (χ4n) is 3.68. The third-order valence-electron chi connectivity index (χ3n) is 5.44. The number of nitrogens with one attached hydrogen (secondary N) is 2. The molecule has 0 aromatic heterocycles. The van der Waals surface area contributed by atoms with Crippen molar-refractivity contribution in [2.75, 3.05) is 27.3 Å². The lowest BCUT2D eigenvalue weighted by Gasteiger charge is -2.16. The van der Waals surface area contributed by atoms with Gasteiger partial charge in [0, 0.05) is 26.2 Å². The van der Waals surface area contributed by atoms with Gasteiger partial charge in [-0.25, -0.2) is 4.79 Å². The zero-order valence-electron chi connectivity index (χ0n) is 18.3. The molecule has 0 saturated heterocycles. The second kappa shape index (κ2) is 11.2. The fourth-order valence-corrected chi connectivity index (χ4v) is 3.68. The predicted octanol–water partition coefficient (Wildman–Crippen LogP) is 3.72. The summed E-state index contributed by atoms with van der Waals surface area (Å²) >= 11 is 0. The van der Waals surface area contributed by atoms with Crippen LogP contribution in [0.1, 0.15) is 47.2 Å². The van der Waals surface area contributed by atoms with Crippen molar-refractivity contribution in [2.45, 2.75) is 38.8 Å². The maximum absolute atomic E-state index is 12.4. The lowest BCUT2D eigenvalue weighted by molar-refractivity contribution is 0.0949. The van der Waals surface area contributed by atoms with Gasteiger partial charge in [0.1, 0.15) is 11.5 Å². The summed E-state index contributed by atoms with van der Waals surface area (Å²) in [7, 11) is 3.11. The highest BCUT2D eigenvalue weighted by atomic mass is 16.5. The molecule has 0 radical (unpaired) electrons. The Bertz CT molecular complexity index is 875. The molecule has 1 aliphatic heterocycles. The molecule has 2 N–H and O–H groups in total. The number of rotatable bonds is 10. The molecule has 0 aliphatic carbocycles. The van der Waals surface area contributed by atoms with Crippen molar-refractivity contribution in [3.05, 3.63) is 59.2 Å². The highest BCUT2D eigenvalue weighted by Crippen LogP contribution is 2.24. The molecule has 2 aromatic carbocycles. The second-order valence-corrected chi connectivity index (χ2v) is 7.59. The Morgan fingerprint density at radius 2 is 1.52 bits per heavy atom. The first-order valence-electron chi connectivity index (χ1n) is 10.7. The second-order valence-electron chi connectivity index (χ2n) is 7.59. The number of amides is 3. The van der Waals surface area contributed by atoms with E-state index in [-0.39, 0.29) is 11.9 Å². The minimum Gasteiger partial charge on any atom is -0.497 e. The van der Waals surface area contributed by atoms with E-state index in [1.54, 1.807) is 32.4 Å². The van der Waals surface area contributed by atoms with Gasteiger partial charge in [-0.05, 0) is 42.2 Å². The average Bonchev–Trinajstić information content (AvgIpc) is 3.24. The molecule has 0 unspecified atom stereocenters. The van der Waals surface area contributed by atoms with Crippen LogP contribution >= 0.6 is 0 Å². The third-order valence-corrected chi connectivity index (χ3v) is 5.44. The lowest BCUT2D eigenvalue weighted by Crippen LogP contribution is -2.36. The van der Waals surface area contributed by atoms with Crippen molar-refractivity contribution in [3.63, 3.8) is 0 Å². The summed E-state index contributed by atoms with van der Waals surface area (Å²) in [6.07, 6.45) is 3.79. The van der Waals surface area contributed by atoms with Gasteiger partial charge in [0.15, 0.2) is 0 Å². The van der Waals surface area contributed by atoms with Crippen LogP contribution in [0.15, 0.2) is 42.5 Å². The molecule has 166 valence electrons. The van der Waals surface area contributed by atoms with E-state index in [0.29, 0.717) is 43.2 Å². The van der Waals surface area contributed by atoms with E-state index in [1.807, 2.05) is 17.0 Å². The van der Waals surface area contributed by atoms with Crippen molar-refractivity contribution < 1.29 is 19.1 Å². The molecular formula is C24H31N3O4. The van der Waals surface area contributed by atoms with Crippen molar-refractivity contribution in [3.8, 4) is 11.5 Å². The van der Waals surface area contributed by atoms with Crippen LogP contribution in [0.3, 0.4) is 0 Å². The quantitative estimate of drug-likeness (QED) is 0.569. The topological polar surface area (TPSA) is 79.9 Å². The van der Waals surface area contributed by atoms with Gasteiger partial charge < -0.3 is 25.0 Å². The number of ether oxygens (including phenoxy) is 2. The molecule has 0 bridgehead atoms. The first-order chi connectivity index (χ1) is 15.1. The van der Waals surface area contributed by atoms with Gasteiger partial charge in [0.25, 0.3) is 5.91 Å². The number of unbranched alkanes of at least 4 members (excludes halogenated alkanes) is 3. The summed E-state index contributed by atoms with van der Waals surface area (Å²) in [5, 5.41) is 5.93. The molecule has 1 aliphatic rings. The highest BCUT2D eigenvalue weighted by Gasteiger charge is 2.22. The maximum Gasteiger partial charge on any atom is 0.318 e. The van der Waals surface area contributed by atoms with Gasteiger partial charge in [0.2, 0.25) is 0 Å². The van der Waals surface area contributed by atoms with E-state index < -0.39 is 0 Å². The number of carbonyl (C=O) groups is 2. The third kappa shape index (κ3) is 6.13. The first kappa shape index (κ1) is 22.5. The molecule has 0 atom stereocenters. The van der Waals surface area contributed by atoms with E-state index in [0.717, 1.165) is 25.7 Å². The maximum atomic E-state index is 12.4. The molecule has 0 saturated carbocycles. The van der Waals surface area contributed by atoms with Crippen LogP contribution in [0.2, 0.25) is 0 Å². The number of hydrogen-bond acceptors (Lipinski definition) is 4. The Labute approximate surface area is 183 Å². The largest absolute Gasteiger partial charge is 0.497 e. The Hall–Kier alpha value is -3.22. The van der Waals surface area contributed by atoms with E-state index >= 15 is 0 Å². The molecule has 7 heteroatoms. The molecule has 7 nitrogen and oxygen atoms in total. The minimum absolute atomic E-state index is 0.00398. The number of nitrogens with zero attached hydrogens (tertiary/aromatic N) is 1. The number of hydrogen-bond donors (Lipinski definition) is 2. The Kier molecular flexibility index (Phi) is 8.15. The van der Waals surface area contributed by atoms with Crippen LogP contribution in [-0.2, 0) is 13.1 Å². The summed E-state index contributed by atoms with van der Waals surface area (Å²) in [4.78, 5) is 26.6. The number of methoxy groups -OCH3 is 2. The molecule has 0 fully saturated rings. The molecular weight excluding hydrogens is 394 g/mol. The smallest absolute Gasteiger partial charge is 0.318 e. The minimum atomic E-state index is -0.172. The Balaban J connectivity index is 1.27. The van der Waals surface area contributed by atoms with Crippen molar-refractivity contribution in [2.24, 2.45) is 0 Å².